The molecule has 0 unspecified atom stereocenters. The number of rotatable bonds is 4. The van der Waals surface area contributed by atoms with Crippen molar-refractivity contribution < 1.29 is 4.79 Å². The van der Waals surface area contributed by atoms with Gasteiger partial charge >= 0.3 is 0 Å². The van der Waals surface area contributed by atoms with Gasteiger partial charge < -0.3 is 5.32 Å². The van der Waals surface area contributed by atoms with Gasteiger partial charge in [0.15, 0.2) is 0 Å². The van der Waals surface area contributed by atoms with E-state index < -0.39 is 0 Å². The molecule has 0 heterocycles. The Bertz CT molecular complexity index is 419. The fourth-order valence-corrected chi connectivity index (χ4v) is 2.66. The number of aryl methyl sites for hydroxylation is 1. The third kappa shape index (κ3) is 3.97. The molecule has 1 N–H and O–H groups in total. The monoisotopic (exact) mass is 381 g/mol. The first-order chi connectivity index (χ1) is 7.91. The molecule has 1 aromatic carbocycles. The fourth-order valence-electron chi connectivity index (χ4n) is 1.28. The second kappa shape index (κ2) is 6.21. The van der Waals surface area contributed by atoms with Crippen LogP contribution >= 0.6 is 43.5 Å². The predicted octanol–water partition coefficient (Wildman–Crippen LogP) is 3.93. The zero-order valence-electron chi connectivity index (χ0n) is 9.69. The number of hydrogen-bond acceptors (Lipinski definition) is 1. The zero-order chi connectivity index (χ0) is 13.1. The predicted molar refractivity (Wildman–Crippen MR) is 79.6 cm³/mol. The first-order valence-electron chi connectivity index (χ1n) is 5.12. The van der Waals surface area contributed by atoms with E-state index in [9.17, 15) is 4.79 Å². The molecule has 1 rings (SSSR count). The maximum absolute atomic E-state index is 12.1. The Morgan fingerprint density at radius 1 is 1.41 bits per heavy atom. The molecule has 0 aliphatic rings. The highest BCUT2D eigenvalue weighted by molar-refractivity contribution is 9.09. The van der Waals surface area contributed by atoms with Crippen molar-refractivity contribution in [1.82, 2.24) is 5.32 Å². The standard InChI is InChI=1S/C12H14Br2ClNO/c1-8-3-4-9(15)5-10(8)11(17)16-12(2,6-13)7-14/h3-5H,6-7H2,1-2H3,(H,16,17). The van der Waals surface area contributed by atoms with Crippen LogP contribution < -0.4 is 5.32 Å². The van der Waals surface area contributed by atoms with Crippen LogP contribution in [-0.2, 0) is 0 Å². The summed E-state index contributed by atoms with van der Waals surface area (Å²) in [5.74, 6) is -0.105. The summed E-state index contributed by atoms with van der Waals surface area (Å²) >= 11 is 12.7. The average Bonchev–Trinajstić information content (AvgIpc) is 2.32. The molecule has 1 aromatic rings. The summed E-state index contributed by atoms with van der Waals surface area (Å²) in [6.45, 7) is 3.86. The maximum Gasteiger partial charge on any atom is 0.252 e. The summed E-state index contributed by atoms with van der Waals surface area (Å²) in [5.41, 5.74) is 1.22. The molecular formula is C12H14Br2ClNO. The third-order valence-electron chi connectivity index (χ3n) is 2.45. The number of nitrogens with one attached hydrogen (secondary N) is 1. The smallest absolute Gasteiger partial charge is 0.252 e. The normalized spacial score (nSPS) is 11.4. The molecule has 0 saturated carbocycles. The van der Waals surface area contributed by atoms with E-state index in [1.54, 1.807) is 12.1 Å². The Balaban J connectivity index is 2.94. The number of alkyl halides is 2. The number of halogens is 3. The van der Waals surface area contributed by atoms with Gasteiger partial charge in [-0.1, -0.05) is 49.5 Å². The van der Waals surface area contributed by atoms with Gasteiger partial charge in [0.05, 0.1) is 5.54 Å². The first-order valence-corrected chi connectivity index (χ1v) is 7.74. The molecule has 0 aromatic heterocycles. The lowest BCUT2D eigenvalue weighted by atomic mass is 10.0. The molecule has 0 radical (unpaired) electrons. The van der Waals surface area contributed by atoms with Crippen molar-refractivity contribution in [3.05, 3.63) is 34.3 Å². The molecule has 0 bridgehead atoms. The fraction of sp³-hybridized carbons (Fsp3) is 0.417. The second-order valence-electron chi connectivity index (χ2n) is 4.24. The van der Waals surface area contributed by atoms with Crippen LogP contribution in [0.3, 0.4) is 0 Å². The van der Waals surface area contributed by atoms with Gasteiger partial charge in [0, 0.05) is 21.2 Å². The minimum absolute atomic E-state index is 0.105. The van der Waals surface area contributed by atoms with Crippen molar-refractivity contribution in [2.45, 2.75) is 19.4 Å². The van der Waals surface area contributed by atoms with E-state index in [4.69, 9.17) is 11.6 Å². The van der Waals surface area contributed by atoms with Gasteiger partial charge in [0.25, 0.3) is 5.91 Å². The van der Waals surface area contributed by atoms with Gasteiger partial charge in [-0.3, -0.25) is 4.79 Å². The average molecular weight is 384 g/mol. The molecule has 94 valence electrons. The first kappa shape index (κ1) is 15.0. The topological polar surface area (TPSA) is 29.1 Å². The minimum atomic E-state index is -0.314. The molecule has 17 heavy (non-hydrogen) atoms. The number of carbonyl (C=O) groups excluding carboxylic acids is 1. The summed E-state index contributed by atoms with van der Waals surface area (Å²) in [6.07, 6.45) is 0. The van der Waals surface area contributed by atoms with Crippen LogP contribution in [0.5, 0.6) is 0 Å². The summed E-state index contributed by atoms with van der Waals surface area (Å²) in [7, 11) is 0. The summed E-state index contributed by atoms with van der Waals surface area (Å²) in [4.78, 5) is 12.1. The lowest BCUT2D eigenvalue weighted by molar-refractivity contribution is 0.0922. The van der Waals surface area contributed by atoms with Gasteiger partial charge in [0.2, 0.25) is 0 Å². The second-order valence-corrected chi connectivity index (χ2v) is 5.80. The molecule has 0 aliphatic heterocycles. The highest BCUT2D eigenvalue weighted by Crippen LogP contribution is 2.18. The lowest BCUT2D eigenvalue weighted by Crippen LogP contribution is -2.49. The number of carbonyl (C=O) groups is 1. The van der Waals surface area contributed by atoms with Gasteiger partial charge in [-0.05, 0) is 31.5 Å². The van der Waals surface area contributed by atoms with E-state index in [2.05, 4.69) is 37.2 Å². The highest BCUT2D eigenvalue weighted by atomic mass is 79.9. The van der Waals surface area contributed by atoms with Crippen molar-refractivity contribution in [3.63, 3.8) is 0 Å². The van der Waals surface area contributed by atoms with Crippen LogP contribution in [0.4, 0.5) is 0 Å². The Morgan fingerprint density at radius 3 is 2.53 bits per heavy atom. The van der Waals surface area contributed by atoms with E-state index >= 15 is 0 Å². The number of hydrogen-bond donors (Lipinski definition) is 1. The van der Waals surface area contributed by atoms with E-state index in [1.165, 1.54) is 0 Å². The quantitative estimate of drug-likeness (QED) is 0.785. The molecule has 0 atom stereocenters. The molecule has 5 heteroatoms. The molecule has 0 fully saturated rings. The van der Waals surface area contributed by atoms with Gasteiger partial charge in [-0.25, -0.2) is 0 Å². The molecule has 0 saturated heterocycles. The Kier molecular flexibility index (Phi) is 5.48. The maximum atomic E-state index is 12.1. The number of benzene rings is 1. The van der Waals surface area contributed by atoms with Crippen molar-refractivity contribution in [1.29, 1.82) is 0 Å². The zero-order valence-corrected chi connectivity index (χ0v) is 13.6. The van der Waals surface area contributed by atoms with E-state index in [1.807, 2.05) is 19.9 Å². The van der Waals surface area contributed by atoms with Crippen molar-refractivity contribution >= 4 is 49.4 Å². The van der Waals surface area contributed by atoms with E-state index in [0.29, 0.717) is 21.2 Å². The molecule has 1 amide bonds. The van der Waals surface area contributed by atoms with Crippen molar-refractivity contribution in [2.75, 3.05) is 10.7 Å². The Morgan fingerprint density at radius 2 is 2.00 bits per heavy atom. The van der Waals surface area contributed by atoms with E-state index in [0.717, 1.165) is 5.56 Å². The van der Waals surface area contributed by atoms with E-state index in [-0.39, 0.29) is 11.4 Å². The van der Waals surface area contributed by atoms with Crippen LogP contribution in [0.1, 0.15) is 22.8 Å². The third-order valence-corrected chi connectivity index (χ3v) is 5.16. The van der Waals surface area contributed by atoms with Crippen LogP contribution in [0.25, 0.3) is 0 Å². The molecule has 0 spiro atoms. The minimum Gasteiger partial charge on any atom is -0.345 e. The van der Waals surface area contributed by atoms with Crippen LogP contribution in [0.2, 0.25) is 5.02 Å². The number of amides is 1. The largest absolute Gasteiger partial charge is 0.345 e. The van der Waals surface area contributed by atoms with Crippen LogP contribution in [-0.4, -0.2) is 22.1 Å². The summed E-state index contributed by atoms with van der Waals surface area (Å²) < 4.78 is 0. The van der Waals surface area contributed by atoms with Gasteiger partial charge in [-0.15, -0.1) is 0 Å². The van der Waals surface area contributed by atoms with Crippen LogP contribution in [0, 0.1) is 6.92 Å². The molecular weight excluding hydrogens is 369 g/mol. The van der Waals surface area contributed by atoms with Crippen molar-refractivity contribution in [3.8, 4) is 0 Å². The molecule has 2 nitrogen and oxygen atoms in total. The Hall–Kier alpha value is -0.0600. The Labute approximate surface area is 123 Å². The van der Waals surface area contributed by atoms with Crippen LogP contribution in [0.15, 0.2) is 18.2 Å². The lowest BCUT2D eigenvalue weighted by Gasteiger charge is -2.26. The summed E-state index contributed by atoms with van der Waals surface area (Å²) in [5, 5.41) is 4.91. The SMILES string of the molecule is Cc1ccc(Cl)cc1C(=O)NC(C)(CBr)CBr. The molecule has 0 aliphatic carbocycles. The van der Waals surface area contributed by atoms with Crippen molar-refractivity contribution in [2.24, 2.45) is 0 Å². The summed E-state index contributed by atoms with van der Waals surface area (Å²) in [6, 6.07) is 5.31. The highest BCUT2D eigenvalue weighted by Gasteiger charge is 2.24. The van der Waals surface area contributed by atoms with Gasteiger partial charge in [-0.2, -0.15) is 0 Å². The van der Waals surface area contributed by atoms with Gasteiger partial charge in [0.1, 0.15) is 0 Å².